The normalized spacial score (nSPS) is 26.3. The number of ether oxygens (including phenoxy) is 1. The summed E-state index contributed by atoms with van der Waals surface area (Å²) in [6.07, 6.45) is 3.91. The highest BCUT2D eigenvalue weighted by Crippen LogP contribution is 2.39. The molecular formula is C13H16O. The van der Waals surface area contributed by atoms with Gasteiger partial charge < -0.3 is 4.74 Å². The highest BCUT2D eigenvalue weighted by atomic mass is 16.5. The Morgan fingerprint density at radius 3 is 2.64 bits per heavy atom. The average molecular weight is 188 g/mol. The van der Waals surface area contributed by atoms with Crippen LogP contribution in [-0.2, 0) is 4.74 Å². The van der Waals surface area contributed by atoms with E-state index in [0.717, 1.165) is 0 Å². The maximum absolute atomic E-state index is 5.29. The van der Waals surface area contributed by atoms with Gasteiger partial charge >= 0.3 is 0 Å². The molecule has 0 unspecified atom stereocenters. The van der Waals surface area contributed by atoms with Crippen molar-refractivity contribution in [3.05, 3.63) is 41.5 Å². The Kier molecular flexibility index (Phi) is 2.69. The summed E-state index contributed by atoms with van der Waals surface area (Å²) < 4.78 is 5.29. The maximum Gasteiger partial charge on any atom is 0.0644 e. The van der Waals surface area contributed by atoms with Crippen LogP contribution in [0.4, 0.5) is 0 Å². The summed E-state index contributed by atoms with van der Waals surface area (Å²) in [5.41, 5.74) is 2.72. The van der Waals surface area contributed by atoms with E-state index < -0.39 is 0 Å². The fourth-order valence-electron chi connectivity index (χ4n) is 1.83. The number of hydrogen-bond acceptors (Lipinski definition) is 1. The van der Waals surface area contributed by atoms with Gasteiger partial charge in [0.05, 0.1) is 6.10 Å². The van der Waals surface area contributed by atoms with Crippen molar-refractivity contribution in [2.24, 2.45) is 5.92 Å². The summed E-state index contributed by atoms with van der Waals surface area (Å²) in [4.78, 5) is 0. The van der Waals surface area contributed by atoms with Gasteiger partial charge in [-0.15, -0.1) is 0 Å². The molecule has 0 aromatic heterocycles. The van der Waals surface area contributed by atoms with E-state index in [4.69, 9.17) is 4.74 Å². The van der Waals surface area contributed by atoms with Crippen LogP contribution in [0.1, 0.15) is 18.9 Å². The molecule has 0 N–H and O–H groups in total. The lowest BCUT2D eigenvalue weighted by molar-refractivity contribution is 0.174. The summed E-state index contributed by atoms with van der Waals surface area (Å²) in [6, 6.07) is 10.4. The zero-order valence-electron chi connectivity index (χ0n) is 8.73. The largest absolute Gasteiger partial charge is 0.381 e. The van der Waals surface area contributed by atoms with Gasteiger partial charge in [0, 0.05) is 13.0 Å². The fraction of sp³-hybridized carbons (Fsp3) is 0.385. The topological polar surface area (TPSA) is 9.23 Å². The van der Waals surface area contributed by atoms with Crippen LogP contribution in [0.5, 0.6) is 0 Å². The van der Waals surface area contributed by atoms with Crippen LogP contribution in [0, 0.1) is 5.92 Å². The second-order valence-electron chi connectivity index (χ2n) is 3.92. The molecule has 1 heteroatoms. The molecule has 0 bridgehead atoms. The minimum absolute atomic E-state index is 0.468. The van der Waals surface area contributed by atoms with Crippen LogP contribution in [0.15, 0.2) is 35.9 Å². The Hall–Kier alpha value is -1.08. The highest BCUT2D eigenvalue weighted by molar-refractivity contribution is 5.53. The SMILES string of the molecule is CO[C@@H]1C[C@H]1/C(C)=C/c1ccccc1. The first-order valence-corrected chi connectivity index (χ1v) is 5.07. The Bertz CT molecular complexity index is 326. The van der Waals surface area contributed by atoms with Crippen LogP contribution < -0.4 is 0 Å². The zero-order valence-corrected chi connectivity index (χ0v) is 8.73. The Morgan fingerprint density at radius 2 is 2.07 bits per heavy atom. The summed E-state index contributed by atoms with van der Waals surface area (Å²) in [5.74, 6) is 0.653. The van der Waals surface area contributed by atoms with Gasteiger partial charge in [-0.05, 0) is 18.9 Å². The predicted molar refractivity (Wildman–Crippen MR) is 59.0 cm³/mol. The first kappa shape index (κ1) is 9.47. The van der Waals surface area contributed by atoms with Crippen LogP contribution in [0.3, 0.4) is 0 Å². The Labute approximate surface area is 85.4 Å². The maximum atomic E-state index is 5.29. The molecule has 0 spiro atoms. The smallest absolute Gasteiger partial charge is 0.0644 e. The molecule has 1 aromatic rings. The Morgan fingerprint density at radius 1 is 1.36 bits per heavy atom. The number of hydrogen-bond donors (Lipinski definition) is 0. The Balaban J connectivity index is 2.05. The highest BCUT2D eigenvalue weighted by Gasteiger charge is 2.38. The van der Waals surface area contributed by atoms with Crippen molar-refractivity contribution < 1.29 is 4.74 Å². The fourth-order valence-corrected chi connectivity index (χ4v) is 1.83. The third-order valence-corrected chi connectivity index (χ3v) is 2.81. The van der Waals surface area contributed by atoms with E-state index in [1.165, 1.54) is 17.6 Å². The summed E-state index contributed by atoms with van der Waals surface area (Å²) >= 11 is 0. The van der Waals surface area contributed by atoms with E-state index in [0.29, 0.717) is 12.0 Å². The van der Waals surface area contributed by atoms with Crippen molar-refractivity contribution in [2.45, 2.75) is 19.4 Å². The van der Waals surface area contributed by atoms with Crippen molar-refractivity contribution in [1.29, 1.82) is 0 Å². The minimum Gasteiger partial charge on any atom is -0.381 e. The number of methoxy groups -OCH3 is 1. The molecule has 0 aliphatic heterocycles. The molecule has 0 amide bonds. The number of rotatable bonds is 3. The molecule has 0 radical (unpaired) electrons. The van der Waals surface area contributed by atoms with Crippen LogP contribution in [0.25, 0.3) is 6.08 Å². The third kappa shape index (κ3) is 2.05. The molecule has 2 rings (SSSR count). The van der Waals surface area contributed by atoms with Crippen LogP contribution in [-0.4, -0.2) is 13.2 Å². The standard InChI is InChI=1S/C13H16O/c1-10(12-9-13(12)14-2)8-11-6-4-3-5-7-11/h3-8,12-13H,9H2,1-2H3/b10-8+/t12-,13+/m0/s1. The molecule has 0 heterocycles. The molecular weight excluding hydrogens is 172 g/mol. The molecule has 1 saturated carbocycles. The number of benzene rings is 1. The van der Waals surface area contributed by atoms with Gasteiger partial charge in [-0.2, -0.15) is 0 Å². The molecule has 1 aromatic carbocycles. The second kappa shape index (κ2) is 3.97. The van der Waals surface area contributed by atoms with Crippen LogP contribution >= 0.6 is 0 Å². The summed E-state index contributed by atoms with van der Waals surface area (Å²) in [5, 5.41) is 0. The molecule has 1 aliphatic carbocycles. The van der Waals surface area contributed by atoms with Gasteiger partial charge in [-0.1, -0.05) is 42.0 Å². The lowest BCUT2D eigenvalue weighted by atomic mass is 10.1. The van der Waals surface area contributed by atoms with Crippen molar-refractivity contribution in [3.8, 4) is 0 Å². The van der Waals surface area contributed by atoms with Gasteiger partial charge in [-0.3, -0.25) is 0 Å². The minimum atomic E-state index is 0.468. The van der Waals surface area contributed by atoms with Crippen LogP contribution in [0.2, 0.25) is 0 Å². The lowest BCUT2D eigenvalue weighted by Crippen LogP contribution is -1.92. The van der Waals surface area contributed by atoms with Crippen molar-refractivity contribution >= 4 is 6.08 Å². The van der Waals surface area contributed by atoms with Gasteiger partial charge in [-0.25, -0.2) is 0 Å². The van der Waals surface area contributed by atoms with E-state index in [1.807, 2.05) is 6.07 Å². The van der Waals surface area contributed by atoms with Gasteiger partial charge in [0.25, 0.3) is 0 Å². The van der Waals surface area contributed by atoms with Gasteiger partial charge in [0.1, 0.15) is 0 Å². The molecule has 74 valence electrons. The molecule has 2 atom stereocenters. The van der Waals surface area contributed by atoms with E-state index in [2.05, 4.69) is 37.3 Å². The predicted octanol–water partition coefficient (Wildman–Crippen LogP) is 3.12. The summed E-state index contributed by atoms with van der Waals surface area (Å²) in [6.45, 7) is 2.19. The second-order valence-corrected chi connectivity index (χ2v) is 3.92. The molecule has 0 saturated heterocycles. The van der Waals surface area contributed by atoms with E-state index >= 15 is 0 Å². The van der Waals surface area contributed by atoms with Crippen molar-refractivity contribution in [3.63, 3.8) is 0 Å². The van der Waals surface area contributed by atoms with E-state index in [1.54, 1.807) is 7.11 Å². The van der Waals surface area contributed by atoms with E-state index in [9.17, 15) is 0 Å². The lowest BCUT2D eigenvalue weighted by Gasteiger charge is -1.99. The third-order valence-electron chi connectivity index (χ3n) is 2.81. The van der Waals surface area contributed by atoms with Crippen molar-refractivity contribution in [1.82, 2.24) is 0 Å². The molecule has 1 aliphatic rings. The first-order chi connectivity index (χ1) is 6.81. The average Bonchev–Trinajstić information content (AvgIpc) is 2.98. The van der Waals surface area contributed by atoms with Crippen molar-refractivity contribution in [2.75, 3.05) is 7.11 Å². The molecule has 14 heavy (non-hydrogen) atoms. The first-order valence-electron chi connectivity index (χ1n) is 5.07. The molecule has 1 nitrogen and oxygen atoms in total. The molecule has 1 fully saturated rings. The monoisotopic (exact) mass is 188 g/mol. The van der Waals surface area contributed by atoms with E-state index in [-0.39, 0.29) is 0 Å². The quantitative estimate of drug-likeness (QED) is 0.708. The van der Waals surface area contributed by atoms with Gasteiger partial charge in [0.15, 0.2) is 0 Å². The zero-order chi connectivity index (χ0) is 9.97. The van der Waals surface area contributed by atoms with Gasteiger partial charge in [0.2, 0.25) is 0 Å². The summed E-state index contributed by atoms with van der Waals surface area (Å²) in [7, 11) is 1.79.